The third-order valence-electron chi connectivity index (χ3n) is 5.00. The van der Waals surface area contributed by atoms with Gasteiger partial charge in [0.1, 0.15) is 0 Å². The van der Waals surface area contributed by atoms with Crippen LogP contribution in [0.5, 0.6) is 0 Å². The number of carbonyl (C=O) groups excluding carboxylic acids is 1. The lowest BCUT2D eigenvalue weighted by Crippen LogP contribution is -2.41. The summed E-state index contributed by atoms with van der Waals surface area (Å²) in [6.45, 7) is 3.59. The molecule has 8 heteroatoms. The number of sulfonamides is 1. The molecule has 0 saturated heterocycles. The normalized spacial score (nSPS) is 12.5. The molecule has 0 aliphatic rings. The maximum absolute atomic E-state index is 13.3. The Kier molecular flexibility index (Phi) is 8.11. The van der Waals surface area contributed by atoms with Crippen molar-refractivity contribution < 1.29 is 13.2 Å². The molecule has 3 rings (SSSR count). The lowest BCUT2D eigenvalue weighted by molar-refractivity contribution is -0.122. The van der Waals surface area contributed by atoms with Crippen LogP contribution in [0, 0.1) is 6.92 Å². The fourth-order valence-corrected chi connectivity index (χ4v) is 4.94. The van der Waals surface area contributed by atoms with Crippen LogP contribution in [0.2, 0.25) is 5.02 Å². The van der Waals surface area contributed by atoms with E-state index < -0.39 is 10.0 Å². The Balaban J connectivity index is 1.82. The van der Waals surface area contributed by atoms with Crippen LogP contribution >= 0.6 is 27.5 Å². The third-order valence-corrected chi connectivity index (χ3v) is 7.58. The molecule has 0 aromatic heterocycles. The first-order valence-corrected chi connectivity index (χ1v) is 12.6. The minimum atomic E-state index is -3.92. The van der Waals surface area contributed by atoms with Gasteiger partial charge in [0.2, 0.25) is 15.9 Å². The third kappa shape index (κ3) is 6.42. The van der Waals surface area contributed by atoms with Crippen molar-refractivity contribution in [2.45, 2.75) is 31.3 Å². The van der Waals surface area contributed by atoms with Crippen LogP contribution in [0.25, 0.3) is 0 Å². The average Bonchev–Trinajstić information content (AvgIpc) is 2.75. The monoisotopic (exact) mass is 534 g/mol. The summed E-state index contributed by atoms with van der Waals surface area (Å²) < 4.78 is 28.8. The molecule has 1 atom stereocenters. The van der Waals surface area contributed by atoms with Gasteiger partial charge in [0.15, 0.2) is 0 Å². The maximum atomic E-state index is 13.3. The molecule has 0 spiro atoms. The molecule has 0 heterocycles. The molecule has 32 heavy (non-hydrogen) atoms. The second kappa shape index (κ2) is 10.6. The van der Waals surface area contributed by atoms with E-state index in [4.69, 9.17) is 11.6 Å². The van der Waals surface area contributed by atoms with E-state index in [0.717, 1.165) is 21.2 Å². The zero-order valence-electron chi connectivity index (χ0n) is 17.8. The van der Waals surface area contributed by atoms with Crippen molar-refractivity contribution in [2.24, 2.45) is 0 Å². The molecular weight excluding hydrogens is 512 g/mol. The van der Waals surface area contributed by atoms with Gasteiger partial charge in [0.05, 0.1) is 17.5 Å². The molecule has 0 aliphatic carbocycles. The molecule has 0 fully saturated rings. The SMILES string of the molecule is Cc1ccc(CN(CC(=O)NC(C)c2ccc(Br)cc2)S(=O)(=O)c2ccc(Cl)cc2)cc1. The molecule has 168 valence electrons. The Morgan fingerprint density at radius 3 is 2.19 bits per heavy atom. The van der Waals surface area contributed by atoms with E-state index >= 15 is 0 Å². The van der Waals surface area contributed by atoms with Gasteiger partial charge in [-0.05, 0) is 61.4 Å². The van der Waals surface area contributed by atoms with Crippen LogP contribution in [-0.2, 0) is 21.4 Å². The summed E-state index contributed by atoms with van der Waals surface area (Å²) in [5.41, 5.74) is 2.79. The molecule has 0 radical (unpaired) electrons. The van der Waals surface area contributed by atoms with Crippen molar-refractivity contribution in [1.29, 1.82) is 0 Å². The first-order chi connectivity index (χ1) is 15.1. The quantitative estimate of drug-likeness (QED) is 0.415. The van der Waals surface area contributed by atoms with Crippen molar-refractivity contribution in [3.05, 3.63) is 99.0 Å². The fraction of sp³-hybridized carbons (Fsp3) is 0.208. The summed E-state index contributed by atoms with van der Waals surface area (Å²) >= 11 is 9.31. The van der Waals surface area contributed by atoms with Gasteiger partial charge in [0, 0.05) is 16.0 Å². The smallest absolute Gasteiger partial charge is 0.243 e. The number of halogens is 2. The van der Waals surface area contributed by atoms with Crippen molar-refractivity contribution in [2.75, 3.05) is 6.54 Å². The van der Waals surface area contributed by atoms with E-state index in [-0.39, 0.29) is 29.9 Å². The number of amides is 1. The molecule has 0 aliphatic heterocycles. The first-order valence-electron chi connectivity index (χ1n) is 10.0. The fourth-order valence-electron chi connectivity index (χ4n) is 3.16. The average molecular weight is 536 g/mol. The minimum Gasteiger partial charge on any atom is -0.348 e. The Bertz CT molecular complexity index is 1170. The molecule has 3 aromatic carbocycles. The van der Waals surface area contributed by atoms with E-state index in [2.05, 4.69) is 21.2 Å². The van der Waals surface area contributed by atoms with Gasteiger partial charge in [-0.15, -0.1) is 0 Å². The van der Waals surface area contributed by atoms with Crippen molar-refractivity contribution in [3.8, 4) is 0 Å². The number of rotatable bonds is 8. The predicted molar refractivity (Wildman–Crippen MR) is 131 cm³/mol. The van der Waals surface area contributed by atoms with Gasteiger partial charge in [0.25, 0.3) is 0 Å². The Labute approximate surface area is 202 Å². The van der Waals surface area contributed by atoms with Crippen LogP contribution in [-0.4, -0.2) is 25.2 Å². The van der Waals surface area contributed by atoms with Crippen LogP contribution in [0.15, 0.2) is 82.2 Å². The maximum Gasteiger partial charge on any atom is 0.243 e. The van der Waals surface area contributed by atoms with Crippen LogP contribution in [0.4, 0.5) is 0 Å². The van der Waals surface area contributed by atoms with Gasteiger partial charge >= 0.3 is 0 Å². The predicted octanol–water partition coefficient (Wildman–Crippen LogP) is 5.48. The minimum absolute atomic E-state index is 0.0747. The first kappa shape index (κ1) is 24.5. The standard InChI is InChI=1S/C24H24BrClN2O3S/c1-17-3-5-19(6-4-17)15-28(32(30,31)23-13-11-22(26)12-14-23)16-24(29)27-18(2)20-7-9-21(25)10-8-20/h3-14,18H,15-16H2,1-2H3,(H,27,29). The molecule has 5 nitrogen and oxygen atoms in total. The van der Waals surface area contributed by atoms with Crippen molar-refractivity contribution in [1.82, 2.24) is 9.62 Å². The number of aryl methyl sites for hydroxylation is 1. The zero-order chi connectivity index (χ0) is 23.3. The Morgan fingerprint density at radius 2 is 1.59 bits per heavy atom. The second-order valence-corrected chi connectivity index (χ2v) is 10.8. The largest absolute Gasteiger partial charge is 0.348 e. The molecular formula is C24H24BrClN2O3S. The van der Waals surface area contributed by atoms with E-state index in [1.165, 1.54) is 28.6 Å². The molecule has 3 aromatic rings. The molecule has 1 unspecified atom stereocenters. The highest BCUT2D eigenvalue weighted by Gasteiger charge is 2.27. The topological polar surface area (TPSA) is 66.5 Å². The van der Waals surface area contributed by atoms with E-state index in [9.17, 15) is 13.2 Å². The van der Waals surface area contributed by atoms with E-state index in [1.807, 2.05) is 62.4 Å². The summed E-state index contributed by atoms with van der Waals surface area (Å²) in [7, 11) is -3.92. The van der Waals surface area contributed by atoms with Gasteiger partial charge < -0.3 is 5.32 Å². The number of hydrogen-bond acceptors (Lipinski definition) is 3. The number of carbonyl (C=O) groups is 1. The van der Waals surface area contributed by atoms with Crippen molar-refractivity contribution >= 4 is 43.5 Å². The van der Waals surface area contributed by atoms with Crippen molar-refractivity contribution in [3.63, 3.8) is 0 Å². The summed E-state index contributed by atoms with van der Waals surface area (Å²) in [5, 5.41) is 3.33. The number of nitrogens with one attached hydrogen (secondary N) is 1. The highest BCUT2D eigenvalue weighted by molar-refractivity contribution is 9.10. The van der Waals surface area contributed by atoms with Crippen LogP contribution in [0.1, 0.15) is 29.7 Å². The molecule has 1 N–H and O–H groups in total. The van der Waals surface area contributed by atoms with E-state index in [0.29, 0.717) is 5.02 Å². The van der Waals surface area contributed by atoms with Crippen LogP contribution in [0.3, 0.4) is 0 Å². The molecule has 0 bridgehead atoms. The number of nitrogens with zero attached hydrogens (tertiary/aromatic N) is 1. The van der Waals surface area contributed by atoms with Gasteiger partial charge in [-0.1, -0.05) is 69.5 Å². The number of hydrogen-bond donors (Lipinski definition) is 1. The Morgan fingerprint density at radius 1 is 1.00 bits per heavy atom. The van der Waals surface area contributed by atoms with Gasteiger partial charge in [-0.25, -0.2) is 8.42 Å². The lowest BCUT2D eigenvalue weighted by Gasteiger charge is -2.23. The summed E-state index contributed by atoms with van der Waals surface area (Å²) in [6, 6.07) is 20.8. The highest BCUT2D eigenvalue weighted by atomic mass is 79.9. The zero-order valence-corrected chi connectivity index (χ0v) is 20.9. The lowest BCUT2D eigenvalue weighted by atomic mass is 10.1. The molecule has 1 amide bonds. The summed E-state index contributed by atoms with van der Waals surface area (Å²) in [4.78, 5) is 12.9. The van der Waals surface area contributed by atoms with Gasteiger partial charge in [-0.2, -0.15) is 4.31 Å². The summed E-state index contributed by atoms with van der Waals surface area (Å²) in [6.07, 6.45) is 0. The molecule has 0 saturated carbocycles. The number of benzene rings is 3. The second-order valence-electron chi connectivity index (χ2n) is 7.55. The van der Waals surface area contributed by atoms with E-state index in [1.54, 1.807) is 0 Å². The van der Waals surface area contributed by atoms with Gasteiger partial charge in [-0.3, -0.25) is 4.79 Å². The highest BCUT2D eigenvalue weighted by Crippen LogP contribution is 2.21. The summed E-state index contributed by atoms with van der Waals surface area (Å²) in [5.74, 6) is -0.384. The Hall–Kier alpha value is -2.19. The van der Waals surface area contributed by atoms with Crippen LogP contribution < -0.4 is 5.32 Å².